The van der Waals surface area contributed by atoms with Crippen molar-refractivity contribution in [3.63, 3.8) is 0 Å². The number of carbonyl (C=O) groups excluding carboxylic acids is 1. The number of ether oxygens (including phenoxy) is 1. The summed E-state index contributed by atoms with van der Waals surface area (Å²) < 4.78 is 17.4. The predicted octanol–water partition coefficient (Wildman–Crippen LogP) is 2.87. The number of hydrogen-bond donors (Lipinski definition) is 0. The minimum atomic E-state index is -1.04. The molecule has 0 unspecified atom stereocenters. The van der Waals surface area contributed by atoms with E-state index in [-0.39, 0.29) is 5.75 Å². The summed E-state index contributed by atoms with van der Waals surface area (Å²) >= 11 is 4.91. The first kappa shape index (κ1) is 9.00. The molecule has 0 spiro atoms. The highest BCUT2D eigenvalue weighted by molar-refractivity contribution is 6.61. The molecule has 0 radical (unpaired) electrons. The van der Waals surface area contributed by atoms with E-state index < -0.39 is 11.2 Å². The Morgan fingerprint density at radius 3 is 2.83 bits per heavy atom. The minimum Gasteiger partial charge on any atom is -0.411 e. The van der Waals surface area contributed by atoms with E-state index >= 15 is 0 Å². The van der Waals surface area contributed by atoms with Crippen molar-refractivity contribution in [2.45, 2.75) is 6.92 Å². The molecule has 0 atom stereocenters. The molecule has 4 heteroatoms. The lowest BCUT2D eigenvalue weighted by atomic mass is 10.2. The number of hydrogen-bond acceptors (Lipinski definition) is 2. The monoisotopic (exact) mass is 188 g/mol. The molecule has 0 aliphatic heterocycles. The largest absolute Gasteiger partial charge is 0.411 e. The minimum absolute atomic E-state index is 0.144. The SMILES string of the molecule is Cc1cccc(OC(=O)Cl)c1F. The third-order valence-electron chi connectivity index (χ3n) is 1.35. The molecule has 0 saturated carbocycles. The maximum atomic E-state index is 13.0. The average Bonchev–Trinajstić information content (AvgIpc) is 1.98. The van der Waals surface area contributed by atoms with Gasteiger partial charge in [0.25, 0.3) is 0 Å². The highest BCUT2D eigenvalue weighted by Gasteiger charge is 2.07. The van der Waals surface area contributed by atoms with E-state index in [9.17, 15) is 9.18 Å². The molecule has 0 heterocycles. The van der Waals surface area contributed by atoms with Crippen molar-refractivity contribution in [2.24, 2.45) is 0 Å². The van der Waals surface area contributed by atoms with Gasteiger partial charge in [-0.25, -0.2) is 9.18 Å². The van der Waals surface area contributed by atoms with Crippen molar-refractivity contribution in [3.8, 4) is 5.75 Å². The van der Waals surface area contributed by atoms with Gasteiger partial charge in [0.15, 0.2) is 11.6 Å². The zero-order chi connectivity index (χ0) is 9.14. The topological polar surface area (TPSA) is 26.3 Å². The predicted molar refractivity (Wildman–Crippen MR) is 43.0 cm³/mol. The molecule has 1 rings (SSSR count). The second-order valence-corrected chi connectivity index (χ2v) is 2.54. The van der Waals surface area contributed by atoms with E-state index in [0.717, 1.165) is 0 Å². The first-order chi connectivity index (χ1) is 5.61. The molecule has 0 aromatic heterocycles. The van der Waals surface area contributed by atoms with Crippen molar-refractivity contribution >= 4 is 17.0 Å². The summed E-state index contributed by atoms with van der Waals surface area (Å²) in [6.07, 6.45) is 0. The first-order valence-electron chi connectivity index (χ1n) is 3.23. The van der Waals surface area contributed by atoms with Gasteiger partial charge in [0.1, 0.15) is 0 Å². The van der Waals surface area contributed by atoms with Gasteiger partial charge < -0.3 is 4.74 Å². The van der Waals surface area contributed by atoms with Crippen LogP contribution in [0.1, 0.15) is 5.56 Å². The van der Waals surface area contributed by atoms with Gasteiger partial charge in [-0.2, -0.15) is 0 Å². The smallest absolute Gasteiger partial charge is 0.409 e. The number of rotatable bonds is 1. The van der Waals surface area contributed by atoms with Crippen LogP contribution in [-0.4, -0.2) is 5.43 Å². The molecule has 2 nitrogen and oxygen atoms in total. The van der Waals surface area contributed by atoms with Gasteiger partial charge in [0.2, 0.25) is 0 Å². The Bertz CT molecular complexity index is 312. The van der Waals surface area contributed by atoms with E-state index in [1.807, 2.05) is 0 Å². The molecule has 0 bridgehead atoms. The molecular weight excluding hydrogens is 183 g/mol. The van der Waals surface area contributed by atoms with Crippen LogP contribution in [0, 0.1) is 12.7 Å². The van der Waals surface area contributed by atoms with Crippen LogP contribution in [0.3, 0.4) is 0 Å². The van der Waals surface area contributed by atoms with Crippen LogP contribution in [0.5, 0.6) is 5.75 Å². The Labute approximate surface area is 73.9 Å². The number of halogens is 2. The molecule has 0 fully saturated rings. The molecule has 0 saturated heterocycles. The summed E-state index contributed by atoms with van der Waals surface area (Å²) in [5, 5.41) is 0. The van der Waals surface area contributed by atoms with Gasteiger partial charge in [0.05, 0.1) is 0 Å². The lowest BCUT2D eigenvalue weighted by Crippen LogP contribution is -1.99. The van der Waals surface area contributed by atoms with Gasteiger partial charge in [-0.3, -0.25) is 0 Å². The number of carbonyl (C=O) groups is 1. The molecule has 1 aromatic rings. The lowest BCUT2D eigenvalue weighted by Gasteiger charge is -2.02. The Kier molecular flexibility index (Phi) is 2.65. The summed E-state index contributed by atoms with van der Waals surface area (Å²) in [5.41, 5.74) is -0.634. The standard InChI is InChI=1S/C8H6ClFO2/c1-5-3-2-4-6(7(5)10)12-8(9)11/h2-4H,1H3. The highest BCUT2D eigenvalue weighted by atomic mass is 35.5. The van der Waals surface area contributed by atoms with Crippen molar-refractivity contribution < 1.29 is 13.9 Å². The van der Waals surface area contributed by atoms with Crippen LogP contribution in [0.4, 0.5) is 9.18 Å². The van der Waals surface area contributed by atoms with Gasteiger partial charge in [-0.15, -0.1) is 0 Å². The number of benzene rings is 1. The lowest BCUT2D eigenvalue weighted by molar-refractivity contribution is 0.223. The van der Waals surface area contributed by atoms with Crippen molar-refractivity contribution in [1.29, 1.82) is 0 Å². The van der Waals surface area contributed by atoms with Gasteiger partial charge in [-0.05, 0) is 18.6 Å². The fourth-order valence-electron chi connectivity index (χ4n) is 0.786. The first-order valence-corrected chi connectivity index (χ1v) is 3.61. The summed E-state index contributed by atoms with van der Waals surface area (Å²) in [5.74, 6) is -0.707. The van der Waals surface area contributed by atoms with Gasteiger partial charge >= 0.3 is 5.43 Å². The summed E-state index contributed by atoms with van der Waals surface area (Å²) in [7, 11) is 0. The summed E-state index contributed by atoms with van der Waals surface area (Å²) in [6, 6.07) is 4.48. The van der Waals surface area contributed by atoms with Crippen LogP contribution >= 0.6 is 11.6 Å². The second kappa shape index (κ2) is 3.54. The maximum absolute atomic E-state index is 13.0. The normalized spacial score (nSPS) is 9.58. The van der Waals surface area contributed by atoms with E-state index in [4.69, 9.17) is 11.6 Å². The summed E-state index contributed by atoms with van der Waals surface area (Å²) in [4.78, 5) is 10.3. The van der Waals surface area contributed by atoms with Crippen LogP contribution in [0.2, 0.25) is 0 Å². The van der Waals surface area contributed by atoms with Crippen LogP contribution in [0.15, 0.2) is 18.2 Å². The van der Waals surface area contributed by atoms with Crippen molar-refractivity contribution in [3.05, 3.63) is 29.6 Å². The second-order valence-electron chi connectivity index (χ2n) is 2.23. The van der Waals surface area contributed by atoms with E-state index in [0.29, 0.717) is 5.56 Å². The van der Waals surface area contributed by atoms with E-state index in [1.54, 1.807) is 19.1 Å². The molecule has 0 aliphatic rings. The maximum Gasteiger partial charge on any atom is 0.409 e. The Morgan fingerprint density at radius 1 is 1.58 bits per heavy atom. The van der Waals surface area contributed by atoms with E-state index in [2.05, 4.69) is 4.74 Å². The quantitative estimate of drug-likeness (QED) is 0.634. The molecule has 0 N–H and O–H groups in total. The van der Waals surface area contributed by atoms with Crippen LogP contribution in [-0.2, 0) is 0 Å². The summed E-state index contributed by atoms with van der Waals surface area (Å²) in [6.45, 7) is 1.57. The molecule has 0 amide bonds. The van der Waals surface area contributed by atoms with Crippen molar-refractivity contribution in [2.75, 3.05) is 0 Å². The molecular formula is C8H6ClFO2. The fourth-order valence-corrected chi connectivity index (χ4v) is 0.869. The molecule has 64 valence electrons. The zero-order valence-electron chi connectivity index (χ0n) is 6.30. The third kappa shape index (κ3) is 1.95. The Morgan fingerprint density at radius 2 is 2.25 bits per heavy atom. The van der Waals surface area contributed by atoms with Crippen molar-refractivity contribution in [1.82, 2.24) is 0 Å². The average molecular weight is 189 g/mol. The molecule has 1 aromatic carbocycles. The highest BCUT2D eigenvalue weighted by Crippen LogP contribution is 2.20. The van der Waals surface area contributed by atoms with E-state index in [1.165, 1.54) is 6.07 Å². The Hall–Kier alpha value is -1.09. The zero-order valence-corrected chi connectivity index (χ0v) is 7.06. The fraction of sp³-hybridized carbons (Fsp3) is 0.125. The van der Waals surface area contributed by atoms with Gasteiger partial charge in [0, 0.05) is 11.6 Å². The van der Waals surface area contributed by atoms with Crippen LogP contribution in [0.25, 0.3) is 0 Å². The van der Waals surface area contributed by atoms with Crippen LogP contribution < -0.4 is 4.74 Å². The molecule has 12 heavy (non-hydrogen) atoms. The third-order valence-corrected chi connectivity index (χ3v) is 1.42. The van der Waals surface area contributed by atoms with Gasteiger partial charge in [-0.1, -0.05) is 12.1 Å². The number of aryl methyl sites for hydroxylation is 1. The Balaban J connectivity index is 3.00. The molecule has 0 aliphatic carbocycles.